The first-order valence-electron chi connectivity index (χ1n) is 10.5. The zero-order valence-corrected chi connectivity index (χ0v) is 17.3. The van der Waals surface area contributed by atoms with Crippen LogP contribution in [0.3, 0.4) is 0 Å². The summed E-state index contributed by atoms with van der Waals surface area (Å²) in [5.41, 5.74) is 0.747. The third-order valence-electron chi connectivity index (χ3n) is 5.97. The SMILES string of the molecule is CC(C(=O)O)c1ccc(OCC2CCN(c3ccc(OCC4CC4(F)F)cn3)C2)cc1. The first-order valence-corrected chi connectivity index (χ1v) is 10.5. The lowest BCUT2D eigenvalue weighted by Crippen LogP contribution is -2.22. The molecule has 0 radical (unpaired) electrons. The molecule has 0 spiro atoms. The Bertz CT molecular complexity index is 905. The van der Waals surface area contributed by atoms with Crippen molar-refractivity contribution in [1.82, 2.24) is 4.98 Å². The van der Waals surface area contributed by atoms with Crippen molar-refractivity contribution in [1.29, 1.82) is 0 Å². The van der Waals surface area contributed by atoms with Gasteiger partial charge in [0.1, 0.15) is 17.3 Å². The van der Waals surface area contributed by atoms with Gasteiger partial charge in [0.25, 0.3) is 5.92 Å². The molecule has 3 unspecified atom stereocenters. The largest absolute Gasteiger partial charge is 0.493 e. The highest BCUT2D eigenvalue weighted by Crippen LogP contribution is 2.48. The monoisotopic (exact) mass is 432 g/mol. The third-order valence-corrected chi connectivity index (χ3v) is 5.97. The minimum atomic E-state index is -2.57. The van der Waals surface area contributed by atoms with E-state index in [1.807, 2.05) is 6.07 Å². The second-order valence-corrected chi connectivity index (χ2v) is 8.37. The number of aliphatic carboxylic acids is 1. The average Bonchev–Trinajstić information content (AvgIpc) is 3.14. The first kappa shape index (κ1) is 21.3. The number of halogens is 2. The molecule has 6 nitrogen and oxygen atoms in total. The van der Waals surface area contributed by atoms with Gasteiger partial charge in [0.2, 0.25) is 0 Å². The van der Waals surface area contributed by atoms with Crippen LogP contribution in [0.25, 0.3) is 0 Å². The summed E-state index contributed by atoms with van der Waals surface area (Å²) in [4.78, 5) is 17.6. The zero-order valence-electron chi connectivity index (χ0n) is 17.3. The van der Waals surface area contributed by atoms with Crippen LogP contribution in [0, 0.1) is 11.8 Å². The van der Waals surface area contributed by atoms with E-state index in [9.17, 15) is 13.6 Å². The second-order valence-electron chi connectivity index (χ2n) is 8.37. The number of carboxylic acids is 1. The van der Waals surface area contributed by atoms with E-state index in [1.165, 1.54) is 0 Å². The summed E-state index contributed by atoms with van der Waals surface area (Å²) >= 11 is 0. The maximum absolute atomic E-state index is 12.9. The van der Waals surface area contributed by atoms with Gasteiger partial charge in [-0.1, -0.05) is 12.1 Å². The first-order chi connectivity index (χ1) is 14.8. The Hall–Kier alpha value is -2.90. The van der Waals surface area contributed by atoms with Crippen LogP contribution < -0.4 is 14.4 Å². The summed E-state index contributed by atoms with van der Waals surface area (Å²) in [5.74, 6) is -2.23. The predicted molar refractivity (Wildman–Crippen MR) is 111 cm³/mol. The molecule has 1 aromatic carbocycles. The summed E-state index contributed by atoms with van der Waals surface area (Å²) in [6, 6.07) is 10.8. The van der Waals surface area contributed by atoms with Crippen LogP contribution >= 0.6 is 0 Å². The van der Waals surface area contributed by atoms with E-state index in [4.69, 9.17) is 14.6 Å². The summed E-state index contributed by atoms with van der Waals surface area (Å²) in [6.07, 6.45) is 2.46. The number of ether oxygens (including phenoxy) is 2. The minimum absolute atomic E-state index is 0.0212. The highest BCUT2D eigenvalue weighted by Gasteiger charge is 2.57. The Morgan fingerprint density at radius 2 is 1.87 bits per heavy atom. The van der Waals surface area contributed by atoms with E-state index in [2.05, 4.69) is 9.88 Å². The summed E-state index contributed by atoms with van der Waals surface area (Å²) < 4.78 is 37.1. The third kappa shape index (κ3) is 5.24. The van der Waals surface area contributed by atoms with Crippen LogP contribution in [0.2, 0.25) is 0 Å². The summed E-state index contributed by atoms with van der Waals surface area (Å²) in [5, 5.41) is 9.08. The topological polar surface area (TPSA) is 71.9 Å². The van der Waals surface area contributed by atoms with Crippen molar-refractivity contribution in [3.63, 3.8) is 0 Å². The van der Waals surface area contributed by atoms with Crippen molar-refractivity contribution in [2.75, 3.05) is 31.2 Å². The van der Waals surface area contributed by atoms with Gasteiger partial charge in [-0.15, -0.1) is 0 Å². The molecular weight excluding hydrogens is 406 g/mol. The van der Waals surface area contributed by atoms with E-state index in [-0.39, 0.29) is 13.0 Å². The van der Waals surface area contributed by atoms with Gasteiger partial charge in [-0.2, -0.15) is 0 Å². The molecule has 0 bridgehead atoms. The predicted octanol–water partition coefficient (Wildman–Crippen LogP) is 4.21. The molecule has 2 fully saturated rings. The van der Waals surface area contributed by atoms with Crippen molar-refractivity contribution in [3.8, 4) is 11.5 Å². The molecule has 4 rings (SSSR count). The Morgan fingerprint density at radius 1 is 1.19 bits per heavy atom. The van der Waals surface area contributed by atoms with E-state index in [0.717, 1.165) is 36.6 Å². The number of alkyl halides is 2. The quantitative estimate of drug-likeness (QED) is 0.640. The van der Waals surface area contributed by atoms with E-state index < -0.39 is 23.7 Å². The number of hydrogen-bond acceptors (Lipinski definition) is 5. The van der Waals surface area contributed by atoms with Crippen molar-refractivity contribution >= 4 is 11.8 Å². The number of aromatic nitrogens is 1. The average molecular weight is 432 g/mol. The van der Waals surface area contributed by atoms with E-state index in [0.29, 0.717) is 18.3 Å². The van der Waals surface area contributed by atoms with Crippen LogP contribution in [0.1, 0.15) is 31.2 Å². The number of carboxylic acid groups (broad SMARTS) is 1. The van der Waals surface area contributed by atoms with Gasteiger partial charge < -0.3 is 19.5 Å². The molecule has 1 saturated carbocycles. The van der Waals surface area contributed by atoms with E-state index >= 15 is 0 Å². The molecule has 1 aliphatic heterocycles. The number of nitrogens with zero attached hydrogens (tertiary/aromatic N) is 2. The Morgan fingerprint density at radius 3 is 2.48 bits per heavy atom. The number of carbonyl (C=O) groups is 1. The second kappa shape index (κ2) is 8.69. The van der Waals surface area contributed by atoms with Crippen molar-refractivity contribution in [2.45, 2.75) is 31.6 Å². The Balaban J connectivity index is 1.22. The molecule has 2 heterocycles. The molecule has 2 aliphatic rings. The molecule has 0 amide bonds. The van der Waals surface area contributed by atoms with Gasteiger partial charge >= 0.3 is 5.97 Å². The highest BCUT2D eigenvalue weighted by atomic mass is 19.3. The summed E-state index contributed by atoms with van der Waals surface area (Å²) in [7, 11) is 0. The fraction of sp³-hybridized carbons (Fsp3) is 0.478. The number of benzene rings is 1. The molecule has 2 aromatic rings. The van der Waals surface area contributed by atoms with E-state index in [1.54, 1.807) is 43.5 Å². The molecule has 31 heavy (non-hydrogen) atoms. The van der Waals surface area contributed by atoms with Crippen molar-refractivity contribution in [3.05, 3.63) is 48.2 Å². The minimum Gasteiger partial charge on any atom is -0.493 e. The fourth-order valence-corrected chi connectivity index (χ4v) is 3.68. The maximum Gasteiger partial charge on any atom is 0.310 e. The zero-order chi connectivity index (χ0) is 22.0. The molecule has 166 valence electrons. The molecule has 8 heteroatoms. The number of pyridine rings is 1. The molecular formula is C23H26F2N2O4. The smallest absolute Gasteiger partial charge is 0.310 e. The molecule has 1 aromatic heterocycles. The lowest BCUT2D eigenvalue weighted by atomic mass is 10.0. The number of anilines is 1. The van der Waals surface area contributed by atoms with Crippen molar-refractivity contribution in [2.24, 2.45) is 11.8 Å². The molecule has 1 saturated heterocycles. The van der Waals surface area contributed by atoms with Crippen LogP contribution in [0.5, 0.6) is 11.5 Å². The van der Waals surface area contributed by atoms with Crippen LogP contribution in [0.4, 0.5) is 14.6 Å². The molecule has 1 N–H and O–H groups in total. The Labute approximate surface area is 179 Å². The Kier molecular flexibility index (Phi) is 5.98. The van der Waals surface area contributed by atoms with Crippen LogP contribution in [0.15, 0.2) is 42.6 Å². The van der Waals surface area contributed by atoms with Gasteiger partial charge in [0.15, 0.2) is 0 Å². The number of rotatable bonds is 9. The normalized spacial score (nSPS) is 22.7. The summed E-state index contributed by atoms with van der Waals surface area (Å²) in [6.45, 7) is 3.93. The van der Waals surface area contributed by atoms with Crippen LogP contribution in [-0.4, -0.2) is 48.3 Å². The van der Waals surface area contributed by atoms with Gasteiger partial charge in [-0.05, 0) is 43.2 Å². The van der Waals surface area contributed by atoms with Crippen LogP contribution in [-0.2, 0) is 4.79 Å². The highest BCUT2D eigenvalue weighted by molar-refractivity contribution is 5.75. The van der Waals surface area contributed by atoms with Gasteiger partial charge in [0, 0.05) is 25.4 Å². The van der Waals surface area contributed by atoms with Gasteiger partial charge in [-0.25, -0.2) is 13.8 Å². The fourth-order valence-electron chi connectivity index (χ4n) is 3.68. The standard InChI is InChI=1S/C23H26F2N2O4/c1-15(22(28)29)17-2-4-19(5-3-17)30-13-16-8-9-27(12-16)21-7-6-20(11-26-21)31-14-18-10-23(18,24)25/h2-7,11,15-16,18H,8-10,12-14H2,1H3,(H,28,29). The van der Waals surface area contributed by atoms with Crippen molar-refractivity contribution < 1.29 is 28.2 Å². The molecule has 1 aliphatic carbocycles. The lowest BCUT2D eigenvalue weighted by Gasteiger charge is -2.18. The molecule has 3 atom stereocenters. The number of hydrogen-bond donors (Lipinski definition) is 1. The van der Waals surface area contributed by atoms with Gasteiger partial charge in [0.05, 0.1) is 31.2 Å². The van der Waals surface area contributed by atoms with Gasteiger partial charge in [-0.3, -0.25) is 4.79 Å². The lowest BCUT2D eigenvalue weighted by molar-refractivity contribution is -0.138. The maximum atomic E-state index is 12.9.